The van der Waals surface area contributed by atoms with Crippen molar-refractivity contribution in [2.24, 2.45) is 5.73 Å². The highest BCUT2D eigenvalue weighted by molar-refractivity contribution is 7.98. The average molecular weight is 252 g/mol. The molecule has 1 rings (SSSR count). The monoisotopic (exact) mass is 252 g/mol. The quantitative estimate of drug-likeness (QED) is 0.842. The van der Waals surface area contributed by atoms with Gasteiger partial charge in [0.2, 0.25) is 0 Å². The zero-order valence-electron chi connectivity index (χ0n) is 11.3. The van der Waals surface area contributed by atoms with Crippen LogP contribution < -0.4 is 10.6 Å². The molecule has 0 radical (unpaired) electrons. The lowest BCUT2D eigenvalue weighted by Gasteiger charge is -2.31. The molecule has 2 N–H and O–H groups in total. The smallest absolute Gasteiger partial charge is 0.0414 e. The summed E-state index contributed by atoms with van der Waals surface area (Å²) in [5.41, 5.74) is 8.53. The van der Waals surface area contributed by atoms with Gasteiger partial charge < -0.3 is 10.6 Å². The molecular weight excluding hydrogens is 228 g/mol. The molecule has 96 valence electrons. The average Bonchev–Trinajstić information content (AvgIpc) is 2.35. The van der Waals surface area contributed by atoms with Gasteiger partial charge in [0.15, 0.2) is 0 Å². The summed E-state index contributed by atoms with van der Waals surface area (Å²) in [6.45, 7) is 4.29. The Morgan fingerprint density at radius 1 is 1.35 bits per heavy atom. The van der Waals surface area contributed by atoms with Crippen molar-refractivity contribution in [2.75, 3.05) is 24.0 Å². The van der Waals surface area contributed by atoms with Gasteiger partial charge >= 0.3 is 0 Å². The second-order valence-electron chi connectivity index (χ2n) is 4.48. The summed E-state index contributed by atoms with van der Waals surface area (Å²) in [5, 5.41) is 0. The van der Waals surface area contributed by atoms with Crippen LogP contribution in [0, 0.1) is 0 Å². The summed E-state index contributed by atoms with van der Waals surface area (Å²) in [4.78, 5) is 2.37. The summed E-state index contributed by atoms with van der Waals surface area (Å²) in [7, 11) is 2.17. The van der Waals surface area contributed by atoms with Crippen LogP contribution >= 0.6 is 11.8 Å². The van der Waals surface area contributed by atoms with Crippen LogP contribution in [-0.4, -0.2) is 25.1 Å². The molecular formula is C14H24N2S. The fraction of sp³-hybridized carbons (Fsp3) is 0.571. The largest absolute Gasteiger partial charge is 0.371 e. The molecule has 0 aliphatic rings. The normalized spacial score (nSPS) is 14.4. The van der Waals surface area contributed by atoms with Crippen LogP contribution in [0.4, 0.5) is 5.69 Å². The maximum Gasteiger partial charge on any atom is 0.0414 e. The summed E-state index contributed by atoms with van der Waals surface area (Å²) >= 11 is 1.90. The van der Waals surface area contributed by atoms with Crippen LogP contribution in [0.2, 0.25) is 0 Å². The zero-order valence-corrected chi connectivity index (χ0v) is 12.1. The Morgan fingerprint density at radius 2 is 2.00 bits per heavy atom. The number of nitrogens with zero attached hydrogens (tertiary/aromatic N) is 1. The van der Waals surface area contributed by atoms with E-state index in [4.69, 9.17) is 5.73 Å². The highest BCUT2D eigenvalue weighted by Crippen LogP contribution is 2.26. The molecule has 0 spiro atoms. The van der Waals surface area contributed by atoms with E-state index in [0.717, 1.165) is 12.2 Å². The van der Waals surface area contributed by atoms with Crippen molar-refractivity contribution in [3.8, 4) is 0 Å². The van der Waals surface area contributed by atoms with Crippen molar-refractivity contribution >= 4 is 17.4 Å². The molecule has 0 saturated carbocycles. The first kappa shape index (κ1) is 14.4. The molecule has 1 unspecified atom stereocenters. The maximum absolute atomic E-state index is 6.04. The van der Waals surface area contributed by atoms with Gasteiger partial charge in [-0.05, 0) is 31.2 Å². The first-order valence-corrected chi connectivity index (χ1v) is 7.57. The summed E-state index contributed by atoms with van der Waals surface area (Å²) in [5.74, 6) is 1.15. The van der Waals surface area contributed by atoms with Crippen molar-refractivity contribution in [1.82, 2.24) is 0 Å². The summed E-state index contributed by atoms with van der Waals surface area (Å²) in [6, 6.07) is 9.10. The molecule has 0 amide bonds. The lowest BCUT2D eigenvalue weighted by Crippen LogP contribution is -2.34. The van der Waals surface area contributed by atoms with Crippen LogP contribution in [0.3, 0.4) is 0 Å². The Kier molecular flexibility index (Phi) is 5.86. The van der Waals surface area contributed by atoms with Crippen LogP contribution in [0.15, 0.2) is 24.3 Å². The van der Waals surface area contributed by atoms with Gasteiger partial charge in [0.05, 0.1) is 0 Å². The van der Waals surface area contributed by atoms with Gasteiger partial charge in [-0.3, -0.25) is 0 Å². The predicted octanol–water partition coefficient (Wildman–Crippen LogP) is 3.28. The number of hydrogen-bond donors (Lipinski definition) is 1. The van der Waals surface area contributed by atoms with E-state index < -0.39 is 0 Å². The predicted molar refractivity (Wildman–Crippen MR) is 79.9 cm³/mol. The molecule has 17 heavy (non-hydrogen) atoms. The molecule has 1 aromatic carbocycles. The standard InChI is InChI=1S/C14H24N2S/c1-5-12(10-17-4)16(3)14-9-7-6-8-13(14)11(2)15/h6-9,11-12H,5,10,15H2,1-4H3/t11-,12?/m1/s1. The number of nitrogens with two attached hydrogens (primary N) is 1. The van der Waals surface area contributed by atoms with E-state index in [0.29, 0.717) is 6.04 Å². The molecule has 0 fully saturated rings. The van der Waals surface area contributed by atoms with Crippen LogP contribution in [0.25, 0.3) is 0 Å². The van der Waals surface area contributed by atoms with Gasteiger partial charge in [0.25, 0.3) is 0 Å². The Bertz CT molecular complexity index is 339. The fourth-order valence-electron chi connectivity index (χ4n) is 2.09. The number of anilines is 1. The van der Waals surface area contributed by atoms with E-state index in [9.17, 15) is 0 Å². The first-order chi connectivity index (χ1) is 8.11. The van der Waals surface area contributed by atoms with Crippen LogP contribution in [0.1, 0.15) is 31.9 Å². The van der Waals surface area contributed by atoms with Crippen molar-refractivity contribution in [3.05, 3.63) is 29.8 Å². The molecule has 0 aliphatic carbocycles. The van der Waals surface area contributed by atoms with Crippen molar-refractivity contribution in [3.63, 3.8) is 0 Å². The topological polar surface area (TPSA) is 29.3 Å². The minimum Gasteiger partial charge on any atom is -0.371 e. The highest BCUT2D eigenvalue weighted by Gasteiger charge is 2.16. The van der Waals surface area contributed by atoms with Crippen molar-refractivity contribution in [2.45, 2.75) is 32.4 Å². The van der Waals surface area contributed by atoms with Crippen molar-refractivity contribution in [1.29, 1.82) is 0 Å². The van der Waals surface area contributed by atoms with Gasteiger partial charge in [-0.1, -0.05) is 25.1 Å². The van der Waals surface area contributed by atoms with E-state index in [1.165, 1.54) is 11.3 Å². The lowest BCUT2D eigenvalue weighted by atomic mass is 10.0. The van der Waals surface area contributed by atoms with Crippen LogP contribution in [-0.2, 0) is 0 Å². The molecule has 2 atom stereocenters. The van der Waals surface area contributed by atoms with E-state index in [1.807, 2.05) is 18.7 Å². The van der Waals surface area contributed by atoms with Crippen LogP contribution in [0.5, 0.6) is 0 Å². The minimum absolute atomic E-state index is 0.0837. The highest BCUT2D eigenvalue weighted by atomic mass is 32.2. The minimum atomic E-state index is 0.0837. The second kappa shape index (κ2) is 6.92. The Labute approximate surface area is 110 Å². The van der Waals surface area contributed by atoms with Gasteiger partial charge in [-0.15, -0.1) is 0 Å². The number of rotatable bonds is 6. The SMILES string of the molecule is CCC(CSC)N(C)c1ccccc1[C@@H](C)N. The number of para-hydroxylation sites is 1. The van der Waals surface area contributed by atoms with E-state index >= 15 is 0 Å². The maximum atomic E-state index is 6.04. The van der Waals surface area contributed by atoms with Crippen molar-refractivity contribution < 1.29 is 0 Å². The Balaban J connectivity index is 2.97. The molecule has 2 nitrogen and oxygen atoms in total. The van der Waals surface area contributed by atoms with Gasteiger partial charge in [-0.2, -0.15) is 11.8 Å². The number of thioether (sulfide) groups is 1. The third kappa shape index (κ3) is 3.65. The fourth-order valence-corrected chi connectivity index (χ4v) is 2.93. The second-order valence-corrected chi connectivity index (χ2v) is 5.39. The van der Waals surface area contributed by atoms with Gasteiger partial charge in [0.1, 0.15) is 0 Å². The summed E-state index contributed by atoms with van der Waals surface area (Å²) < 4.78 is 0. The summed E-state index contributed by atoms with van der Waals surface area (Å²) in [6.07, 6.45) is 3.32. The lowest BCUT2D eigenvalue weighted by molar-refractivity contribution is 0.666. The first-order valence-electron chi connectivity index (χ1n) is 6.18. The molecule has 1 aromatic rings. The van der Waals surface area contributed by atoms with E-state index in [1.54, 1.807) is 0 Å². The molecule has 0 aromatic heterocycles. The Morgan fingerprint density at radius 3 is 2.53 bits per heavy atom. The third-order valence-corrected chi connectivity index (χ3v) is 3.90. The molecule has 0 heterocycles. The van der Waals surface area contributed by atoms with E-state index in [2.05, 4.69) is 49.4 Å². The molecule has 0 saturated heterocycles. The molecule has 3 heteroatoms. The number of benzene rings is 1. The van der Waals surface area contributed by atoms with Gasteiger partial charge in [0, 0.05) is 30.6 Å². The van der Waals surface area contributed by atoms with E-state index in [-0.39, 0.29) is 6.04 Å². The number of hydrogen-bond acceptors (Lipinski definition) is 3. The van der Waals surface area contributed by atoms with Gasteiger partial charge in [-0.25, -0.2) is 0 Å². The molecule has 0 aliphatic heterocycles. The third-order valence-electron chi connectivity index (χ3n) is 3.19. The zero-order chi connectivity index (χ0) is 12.8. The Hall–Kier alpha value is -0.670. The molecule has 0 bridgehead atoms.